The summed E-state index contributed by atoms with van der Waals surface area (Å²) in [6.07, 6.45) is 4.57. The smallest absolute Gasteiger partial charge is 0.321 e. The summed E-state index contributed by atoms with van der Waals surface area (Å²) in [6, 6.07) is 10.8. The first-order valence-electron chi connectivity index (χ1n) is 15.3. The van der Waals surface area contributed by atoms with Crippen molar-refractivity contribution in [1.82, 2.24) is 14.3 Å². The van der Waals surface area contributed by atoms with E-state index in [1.165, 1.54) is 43.8 Å². The highest BCUT2D eigenvalue weighted by atomic mass is 35.5. The van der Waals surface area contributed by atoms with E-state index in [2.05, 4.69) is 15.3 Å². The summed E-state index contributed by atoms with van der Waals surface area (Å²) in [5, 5.41) is 2.98. The van der Waals surface area contributed by atoms with E-state index in [1.807, 2.05) is 6.07 Å². The second kappa shape index (κ2) is 14.9. The van der Waals surface area contributed by atoms with Crippen LogP contribution >= 0.6 is 11.6 Å². The minimum Gasteiger partial charge on any atom is -0.467 e. The molecule has 1 amide bonds. The van der Waals surface area contributed by atoms with E-state index in [-0.39, 0.29) is 33.4 Å². The quantitative estimate of drug-likeness (QED) is 0.0694. The van der Waals surface area contributed by atoms with Crippen molar-refractivity contribution in [3.63, 3.8) is 0 Å². The molecule has 0 spiro atoms. The van der Waals surface area contributed by atoms with Gasteiger partial charge < -0.3 is 14.8 Å². The SMILES string of the molecule is COc1ncc(NC(=O)c2cc(C3CC3)cc(C(C)(C)COC(=O)CN(Cc3ccc(Cl)cc3)S(=O)(=O)c3c(F)c(F)c(F)c(F)c3F)c2)cn1. The second-order valence-electron chi connectivity index (χ2n) is 12.4. The molecule has 4 aromatic rings. The minimum atomic E-state index is -5.54. The van der Waals surface area contributed by atoms with Crippen molar-refractivity contribution in [1.29, 1.82) is 0 Å². The highest BCUT2D eigenvalue weighted by Gasteiger charge is 2.39. The number of sulfonamides is 1. The molecule has 1 aliphatic carbocycles. The van der Waals surface area contributed by atoms with E-state index in [9.17, 15) is 40.0 Å². The number of halogens is 6. The zero-order valence-electron chi connectivity index (χ0n) is 27.3. The lowest BCUT2D eigenvalue weighted by Crippen LogP contribution is -2.38. The van der Waals surface area contributed by atoms with Gasteiger partial charge in [0, 0.05) is 22.5 Å². The molecule has 5 rings (SSSR count). The number of methoxy groups -OCH3 is 1. The first-order chi connectivity index (χ1) is 24.0. The Labute approximate surface area is 294 Å². The van der Waals surface area contributed by atoms with E-state index in [0.29, 0.717) is 16.8 Å². The standard InChI is InChI=1S/C34H30ClF5N4O6S/c1-34(2,22-11-20(19-6-7-19)10-21(12-22)32(46)43-24-13-41-33(49-3)42-14-24)17-50-25(45)16-44(15-18-4-8-23(35)9-5-18)51(47,48)31-29(39)27(37)26(36)28(38)30(31)40/h4-5,8-14,19H,6-7,15-17H2,1-3H3,(H,43,46). The fourth-order valence-corrected chi connectivity index (χ4v) is 6.62. The molecule has 1 heterocycles. The Bertz CT molecular complexity index is 2050. The molecule has 0 saturated heterocycles. The molecule has 1 fully saturated rings. The Morgan fingerprint density at radius 2 is 1.53 bits per heavy atom. The summed E-state index contributed by atoms with van der Waals surface area (Å²) in [5.74, 6) is -14.1. The zero-order valence-corrected chi connectivity index (χ0v) is 28.8. The number of hydrogen-bond acceptors (Lipinski definition) is 8. The summed E-state index contributed by atoms with van der Waals surface area (Å²) in [7, 11) is -4.14. The normalized spacial score (nSPS) is 13.3. The topological polar surface area (TPSA) is 128 Å². The Hall–Kier alpha value is -4.67. The number of amides is 1. The van der Waals surface area contributed by atoms with Gasteiger partial charge in [-0.05, 0) is 59.7 Å². The van der Waals surface area contributed by atoms with Gasteiger partial charge in [0.05, 0.1) is 25.2 Å². The average molecular weight is 753 g/mol. The third-order valence-electron chi connectivity index (χ3n) is 8.06. The number of rotatable bonds is 13. The number of hydrogen-bond donors (Lipinski definition) is 1. The van der Waals surface area contributed by atoms with Gasteiger partial charge in [-0.25, -0.2) is 40.3 Å². The number of esters is 1. The molecule has 0 radical (unpaired) electrons. The Morgan fingerprint density at radius 1 is 0.941 bits per heavy atom. The maximum Gasteiger partial charge on any atom is 0.321 e. The molecule has 3 aromatic carbocycles. The van der Waals surface area contributed by atoms with Gasteiger partial charge in [-0.15, -0.1) is 0 Å². The molecular formula is C34H30ClF5N4O6S. The van der Waals surface area contributed by atoms with Gasteiger partial charge in [-0.1, -0.05) is 43.6 Å². The minimum absolute atomic E-state index is 0.116. The van der Waals surface area contributed by atoms with Crippen LogP contribution in [0.3, 0.4) is 0 Å². The Balaban J connectivity index is 1.38. The molecule has 0 unspecified atom stereocenters. The second-order valence-corrected chi connectivity index (χ2v) is 14.7. The van der Waals surface area contributed by atoms with Gasteiger partial charge in [-0.2, -0.15) is 4.31 Å². The van der Waals surface area contributed by atoms with E-state index in [4.69, 9.17) is 21.1 Å². The lowest BCUT2D eigenvalue weighted by atomic mass is 9.83. The molecule has 0 aliphatic heterocycles. The van der Waals surface area contributed by atoms with Crippen LogP contribution < -0.4 is 10.1 Å². The van der Waals surface area contributed by atoms with Gasteiger partial charge in [-0.3, -0.25) is 9.59 Å². The molecule has 270 valence electrons. The molecule has 1 aromatic heterocycles. The zero-order chi connectivity index (χ0) is 37.2. The van der Waals surface area contributed by atoms with E-state index in [1.54, 1.807) is 26.0 Å². The summed E-state index contributed by atoms with van der Waals surface area (Å²) >= 11 is 5.89. The van der Waals surface area contributed by atoms with Crippen molar-refractivity contribution >= 4 is 39.2 Å². The van der Waals surface area contributed by atoms with Crippen LogP contribution in [0.1, 0.15) is 59.7 Å². The van der Waals surface area contributed by atoms with Crippen molar-refractivity contribution in [2.24, 2.45) is 0 Å². The molecule has 51 heavy (non-hydrogen) atoms. The summed E-state index contributed by atoms with van der Waals surface area (Å²) in [6.45, 7) is 1.17. The number of nitrogens with one attached hydrogen (secondary N) is 1. The highest BCUT2D eigenvalue weighted by Crippen LogP contribution is 2.42. The first kappa shape index (κ1) is 37.6. The number of benzene rings is 3. The van der Waals surface area contributed by atoms with Gasteiger partial charge in [0.25, 0.3) is 5.91 Å². The molecule has 0 bridgehead atoms. The largest absolute Gasteiger partial charge is 0.467 e. The Morgan fingerprint density at radius 3 is 2.10 bits per heavy atom. The lowest BCUT2D eigenvalue weighted by Gasteiger charge is -2.27. The third-order valence-corrected chi connectivity index (χ3v) is 10.1. The number of carbonyl (C=O) groups excluding carboxylic acids is 2. The highest BCUT2D eigenvalue weighted by molar-refractivity contribution is 7.89. The van der Waals surface area contributed by atoms with Gasteiger partial charge in [0.15, 0.2) is 28.2 Å². The number of nitrogens with zero attached hydrogens (tertiary/aromatic N) is 3. The lowest BCUT2D eigenvalue weighted by molar-refractivity contribution is -0.145. The van der Waals surface area contributed by atoms with Crippen molar-refractivity contribution in [2.75, 3.05) is 25.6 Å². The first-order valence-corrected chi connectivity index (χ1v) is 17.1. The maximum atomic E-state index is 14.7. The van der Waals surface area contributed by atoms with Crippen LogP contribution in [-0.2, 0) is 31.5 Å². The number of ether oxygens (including phenoxy) is 2. The van der Waals surface area contributed by atoms with Crippen LogP contribution in [0.25, 0.3) is 0 Å². The predicted octanol–water partition coefficient (Wildman–Crippen LogP) is 6.68. The monoisotopic (exact) mass is 752 g/mol. The molecule has 1 N–H and O–H groups in total. The predicted molar refractivity (Wildman–Crippen MR) is 174 cm³/mol. The van der Waals surface area contributed by atoms with Crippen molar-refractivity contribution in [3.05, 3.63) is 111 Å². The van der Waals surface area contributed by atoms with Gasteiger partial charge in [0.1, 0.15) is 13.2 Å². The molecule has 1 saturated carbocycles. The summed E-state index contributed by atoms with van der Waals surface area (Å²) in [4.78, 5) is 32.3. The summed E-state index contributed by atoms with van der Waals surface area (Å²) in [5.41, 5.74) is 1.29. The number of carbonyl (C=O) groups is 2. The average Bonchev–Trinajstić information content (AvgIpc) is 3.96. The van der Waals surface area contributed by atoms with Crippen LogP contribution in [0.15, 0.2) is 59.8 Å². The third kappa shape index (κ3) is 8.45. The van der Waals surface area contributed by atoms with Gasteiger partial charge >= 0.3 is 12.0 Å². The molecule has 1 aliphatic rings. The van der Waals surface area contributed by atoms with Crippen LogP contribution in [-0.4, -0.2) is 54.8 Å². The van der Waals surface area contributed by atoms with E-state index < -0.39 is 74.4 Å². The number of anilines is 1. The fraction of sp³-hybridized carbons (Fsp3) is 0.294. The van der Waals surface area contributed by atoms with E-state index in [0.717, 1.165) is 18.4 Å². The fourth-order valence-electron chi connectivity index (χ4n) is 5.01. The maximum absolute atomic E-state index is 14.7. The van der Waals surface area contributed by atoms with Crippen molar-refractivity contribution in [3.8, 4) is 6.01 Å². The number of aromatic nitrogens is 2. The van der Waals surface area contributed by atoms with E-state index >= 15 is 0 Å². The van der Waals surface area contributed by atoms with Crippen LogP contribution in [0.5, 0.6) is 6.01 Å². The van der Waals surface area contributed by atoms with Crippen LogP contribution in [0.4, 0.5) is 27.6 Å². The van der Waals surface area contributed by atoms with Crippen molar-refractivity contribution < 1.29 is 49.4 Å². The summed E-state index contributed by atoms with van der Waals surface area (Å²) < 4.78 is 109. The molecular weight excluding hydrogens is 723 g/mol. The molecule has 0 atom stereocenters. The van der Waals surface area contributed by atoms with Gasteiger partial charge in [0.2, 0.25) is 15.8 Å². The van der Waals surface area contributed by atoms with Crippen molar-refractivity contribution in [2.45, 2.75) is 49.5 Å². The van der Waals surface area contributed by atoms with Crippen LogP contribution in [0.2, 0.25) is 5.02 Å². The molecule has 17 heteroatoms. The molecule has 10 nitrogen and oxygen atoms in total. The Kier molecular flexibility index (Phi) is 11.0. The van der Waals surface area contributed by atoms with Crippen LogP contribution in [0, 0.1) is 29.1 Å².